The van der Waals surface area contributed by atoms with Crippen LogP contribution in [0.25, 0.3) is 11.1 Å². The maximum atomic E-state index is 13.0. The van der Waals surface area contributed by atoms with Crippen molar-refractivity contribution in [2.75, 3.05) is 38.3 Å². The molecule has 184 valence electrons. The van der Waals surface area contributed by atoms with Crippen LogP contribution in [-0.4, -0.2) is 53.8 Å². The molecule has 0 spiro atoms. The Kier molecular flexibility index (Phi) is 11.5. The fourth-order valence-electron chi connectivity index (χ4n) is 3.06. The van der Waals surface area contributed by atoms with Crippen LogP contribution in [0.4, 0.5) is 18.9 Å². The number of ether oxygens (including phenoxy) is 1. The third kappa shape index (κ3) is 7.81. The summed E-state index contributed by atoms with van der Waals surface area (Å²) in [6, 6.07) is 6.72. The highest BCUT2D eigenvalue weighted by Gasteiger charge is 2.30. The molecule has 1 unspecified atom stereocenters. The number of nitrogens with zero attached hydrogens (tertiary/aromatic N) is 1. The summed E-state index contributed by atoms with van der Waals surface area (Å²) in [7, 11) is -0.640. The molecule has 2 rings (SSSR count). The van der Waals surface area contributed by atoms with Crippen LogP contribution in [0.2, 0.25) is 0 Å². The van der Waals surface area contributed by atoms with Crippen LogP contribution >= 0.6 is 0 Å². The Morgan fingerprint density at radius 1 is 1.15 bits per heavy atom. The van der Waals surface area contributed by atoms with Crippen LogP contribution in [0.5, 0.6) is 0 Å². The van der Waals surface area contributed by atoms with Gasteiger partial charge in [-0.2, -0.15) is 13.2 Å². The minimum absolute atomic E-state index is 0.0268. The molecule has 11 heteroatoms. The standard InChI is InChI=1S/C20H23F3N2O5S.C2H6/c1-30-10-8-25(7-2-9-26)16-11-14(19(27)28)12-17(31(24)29)18(16)13-3-5-15(6-4-13)20(21,22)23;1-2/h3-6,11-12,26H,2,7-10,24H2,1H3,(H,27,28);1-2H3. The Hall–Kier alpha value is -2.47. The number of benzene rings is 2. The molecule has 33 heavy (non-hydrogen) atoms. The van der Waals surface area contributed by atoms with Crippen LogP contribution in [0.15, 0.2) is 41.3 Å². The SMILES string of the molecule is CC.COCCN(CCCO)c1cc(C(=O)O)cc(S(N)=O)c1-c1ccc(C(F)(F)F)cc1. The molecule has 0 amide bonds. The minimum Gasteiger partial charge on any atom is -0.478 e. The molecule has 7 nitrogen and oxygen atoms in total. The number of anilines is 1. The van der Waals surface area contributed by atoms with Crippen molar-refractivity contribution in [3.8, 4) is 11.1 Å². The highest BCUT2D eigenvalue weighted by atomic mass is 32.2. The number of hydrogen-bond acceptors (Lipinski definition) is 5. The largest absolute Gasteiger partial charge is 0.478 e. The number of carbonyl (C=O) groups is 1. The number of aliphatic hydroxyl groups is 1. The number of carboxylic acid groups (broad SMARTS) is 1. The van der Waals surface area contributed by atoms with Crippen LogP contribution in [0, 0.1) is 0 Å². The number of hydrogen-bond donors (Lipinski definition) is 3. The van der Waals surface area contributed by atoms with E-state index < -0.39 is 28.7 Å². The highest BCUT2D eigenvalue weighted by molar-refractivity contribution is 7.82. The molecule has 0 saturated carbocycles. The van der Waals surface area contributed by atoms with Crippen molar-refractivity contribution >= 4 is 22.6 Å². The molecule has 0 saturated heterocycles. The Morgan fingerprint density at radius 2 is 1.76 bits per heavy atom. The van der Waals surface area contributed by atoms with Crippen molar-refractivity contribution in [3.63, 3.8) is 0 Å². The summed E-state index contributed by atoms with van der Waals surface area (Å²) in [6.45, 7) is 4.72. The van der Waals surface area contributed by atoms with Crippen LogP contribution in [0.1, 0.15) is 36.2 Å². The topological polar surface area (TPSA) is 113 Å². The molecule has 1 atom stereocenters. The Labute approximate surface area is 193 Å². The number of rotatable bonds is 10. The van der Waals surface area contributed by atoms with Gasteiger partial charge in [0.05, 0.1) is 22.6 Å². The maximum Gasteiger partial charge on any atom is 0.416 e. The number of halogens is 3. The van der Waals surface area contributed by atoms with Gasteiger partial charge in [-0.25, -0.2) is 14.1 Å². The Bertz CT molecular complexity index is 929. The van der Waals surface area contributed by atoms with Crippen molar-refractivity contribution in [3.05, 3.63) is 47.5 Å². The fraction of sp³-hybridized carbons (Fsp3) is 0.409. The molecule has 0 heterocycles. The first kappa shape index (κ1) is 28.6. The zero-order valence-electron chi connectivity index (χ0n) is 18.7. The Balaban J connectivity index is 0.00000265. The van der Waals surface area contributed by atoms with Crippen LogP contribution in [-0.2, 0) is 21.9 Å². The molecule has 2 aromatic carbocycles. The van der Waals surface area contributed by atoms with Gasteiger partial charge >= 0.3 is 12.1 Å². The molecule has 0 bridgehead atoms. The molecular formula is C22H29F3N2O5S. The number of nitrogens with two attached hydrogens (primary N) is 1. The van der Waals surface area contributed by atoms with Gasteiger partial charge in [0, 0.05) is 38.1 Å². The van der Waals surface area contributed by atoms with Gasteiger partial charge in [-0.3, -0.25) is 0 Å². The van der Waals surface area contributed by atoms with E-state index in [1.165, 1.54) is 25.3 Å². The second-order valence-electron chi connectivity index (χ2n) is 6.60. The average Bonchev–Trinajstić information content (AvgIpc) is 2.79. The van der Waals surface area contributed by atoms with E-state index in [-0.39, 0.29) is 29.2 Å². The summed E-state index contributed by atoms with van der Waals surface area (Å²) in [5, 5.41) is 24.3. The van der Waals surface area contributed by atoms with Gasteiger partial charge in [-0.05, 0) is 36.2 Å². The van der Waals surface area contributed by atoms with E-state index in [2.05, 4.69) is 0 Å². The molecule has 2 aromatic rings. The molecule has 0 aliphatic rings. The van der Waals surface area contributed by atoms with E-state index in [0.29, 0.717) is 30.8 Å². The third-order valence-corrected chi connectivity index (χ3v) is 5.29. The highest BCUT2D eigenvalue weighted by Crippen LogP contribution is 2.38. The van der Waals surface area contributed by atoms with E-state index in [0.717, 1.165) is 18.2 Å². The molecule has 0 aromatic heterocycles. The first-order valence-corrected chi connectivity index (χ1v) is 11.4. The van der Waals surface area contributed by atoms with Gasteiger partial charge in [0.2, 0.25) is 0 Å². The van der Waals surface area contributed by atoms with Crippen molar-refractivity contribution in [1.82, 2.24) is 0 Å². The summed E-state index contributed by atoms with van der Waals surface area (Å²) < 4.78 is 56.3. The second-order valence-corrected chi connectivity index (χ2v) is 7.64. The van der Waals surface area contributed by atoms with E-state index in [1.807, 2.05) is 13.8 Å². The molecule has 4 N–H and O–H groups in total. The third-order valence-electron chi connectivity index (χ3n) is 4.54. The van der Waals surface area contributed by atoms with E-state index in [1.54, 1.807) is 4.90 Å². The first-order valence-electron chi connectivity index (χ1n) is 10.2. The minimum atomic E-state index is -4.53. The number of alkyl halides is 3. The van der Waals surface area contributed by atoms with Crippen molar-refractivity contribution in [2.45, 2.75) is 31.3 Å². The van der Waals surface area contributed by atoms with Crippen LogP contribution in [0.3, 0.4) is 0 Å². The normalized spacial score (nSPS) is 12.0. The smallest absolute Gasteiger partial charge is 0.416 e. The number of carboxylic acids is 1. The van der Waals surface area contributed by atoms with Gasteiger partial charge in [0.25, 0.3) is 0 Å². The zero-order chi connectivity index (χ0) is 25.2. The lowest BCUT2D eigenvalue weighted by atomic mass is 9.98. The molecule has 0 fully saturated rings. The zero-order valence-corrected chi connectivity index (χ0v) is 19.5. The maximum absolute atomic E-state index is 13.0. The monoisotopic (exact) mass is 490 g/mol. The molecular weight excluding hydrogens is 461 g/mol. The summed E-state index contributed by atoms with van der Waals surface area (Å²) in [5.74, 6) is -1.28. The van der Waals surface area contributed by atoms with Crippen LogP contribution < -0.4 is 10.0 Å². The van der Waals surface area contributed by atoms with Crippen molar-refractivity contribution in [2.24, 2.45) is 5.14 Å². The lowest BCUT2D eigenvalue weighted by Crippen LogP contribution is -2.30. The summed E-state index contributed by atoms with van der Waals surface area (Å²) in [4.78, 5) is 13.3. The van der Waals surface area contributed by atoms with Crippen molar-refractivity contribution < 1.29 is 37.1 Å². The van der Waals surface area contributed by atoms with Gasteiger partial charge in [0.1, 0.15) is 11.0 Å². The average molecular weight is 491 g/mol. The molecule has 0 aliphatic heterocycles. The van der Waals surface area contributed by atoms with E-state index in [4.69, 9.17) is 9.88 Å². The Morgan fingerprint density at radius 3 is 2.21 bits per heavy atom. The second kappa shape index (κ2) is 13.3. The van der Waals surface area contributed by atoms with Crippen molar-refractivity contribution in [1.29, 1.82) is 0 Å². The van der Waals surface area contributed by atoms with Gasteiger partial charge in [0.15, 0.2) is 0 Å². The van der Waals surface area contributed by atoms with Gasteiger partial charge < -0.3 is 19.8 Å². The summed E-state index contributed by atoms with van der Waals surface area (Å²) >= 11 is 0. The fourth-order valence-corrected chi connectivity index (χ4v) is 3.73. The number of aliphatic hydroxyl groups excluding tert-OH is 1. The van der Waals surface area contributed by atoms with Gasteiger partial charge in [-0.15, -0.1) is 0 Å². The van der Waals surface area contributed by atoms with E-state index >= 15 is 0 Å². The number of aromatic carboxylic acids is 1. The predicted octanol–water partition coefficient (Wildman–Crippen LogP) is 3.91. The predicted molar refractivity (Wildman–Crippen MR) is 122 cm³/mol. The van der Waals surface area contributed by atoms with Gasteiger partial charge in [-0.1, -0.05) is 26.0 Å². The summed E-state index contributed by atoms with van der Waals surface area (Å²) in [6.07, 6.45) is -4.19. The number of methoxy groups -OCH3 is 1. The first-order chi connectivity index (χ1) is 15.6. The van der Waals surface area contributed by atoms with E-state index in [9.17, 15) is 32.4 Å². The summed E-state index contributed by atoms with van der Waals surface area (Å²) in [5.41, 5.74) is -0.162. The molecule has 0 aliphatic carbocycles. The lowest BCUT2D eigenvalue weighted by Gasteiger charge is -2.28. The molecule has 0 radical (unpaired) electrons. The lowest BCUT2D eigenvalue weighted by molar-refractivity contribution is -0.137. The quantitative estimate of drug-likeness (QED) is 0.465.